The summed E-state index contributed by atoms with van der Waals surface area (Å²) >= 11 is 1.01. The summed E-state index contributed by atoms with van der Waals surface area (Å²) in [5.41, 5.74) is -4.28. The Morgan fingerprint density at radius 1 is 1.29 bits per heavy atom. The summed E-state index contributed by atoms with van der Waals surface area (Å²) in [4.78, 5) is 7.98. The van der Waals surface area contributed by atoms with Crippen LogP contribution in [0.25, 0.3) is 0 Å². The predicted molar refractivity (Wildman–Crippen MR) is 91.9 cm³/mol. The second kappa shape index (κ2) is 7.84. The maximum Gasteiger partial charge on any atom is 0.534 e. The van der Waals surface area contributed by atoms with Gasteiger partial charge in [0.15, 0.2) is 5.16 Å². The molecule has 2 heterocycles. The minimum absolute atomic E-state index is 0.0135. The van der Waals surface area contributed by atoms with E-state index in [1.54, 1.807) is 30.5 Å². The van der Waals surface area contributed by atoms with Crippen molar-refractivity contribution in [1.82, 2.24) is 9.97 Å². The monoisotopic (exact) mass is 438 g/mol. The van der Waals surface area contributed by atoms with Gasteiger partial charge in [-0.1, -0.05) is 36.0 Å². The first-order valence-electron chi connectivity index (χ1n) is 7.86. The van der Waals surface area contributed by atoms with Crippen molar-refractivity contribution in [1.29, 1.82) is 0 Å². The fraction of sp³-hybridized carbons (Fsp3) is 0.375. The van der Waals surface area contributed by atoms with E-state index in [2.05, 4.69) is 14.2 Å². The molecule has 0 aliphatic carbocycles. The molecule has 152 valence electrons. The topological polar surface area (TPSA) is 78.4 Å². The van der Waals surface area contributed by atoms with Crippen molar-refractivity contribution in [2.75, 3.05) is 6.26 Å². The molecule has 1 unspecified atom stereocenters. The van der Waals surface area contributed by atoms with Gasteiger partial charge in [-0.25, -0.2) is 9.37 Å². The summed E-state index contributed by atoms with van der Waals surface area (Å²) in [6.07, 6.45) is 1.10. The number of benzene rings is 1. The van der Waals surface area contributed by atoms with Crippen LogP contribution >= 0.6 is 11.8 Å². The zero-order chi connectivity index (χ0) is 20.5. The highest BCUT2D eigenvalue weighted by atomic mass is 32.2. The van der Waals surface area contributed by atoms with Gasteiger partial charge >= 0.3 is 15.6 Å². The van der Waals surface area contributed by atoms with Crippen LogP contribution in [0.5, 0.6) is 5.88 Å². The number of halogens is 4. The second-order valence-electron chi connectivity index (χ2n) is 5.76. The summed E-state index contributed by atoms with van der Waals surface area (Å²) in [5.74, 6) is -0.719. The average Bonchev–Trinajstić information content (AvgIpc) is 2.66. The Labute approximate surface area is 162 Å². The Bertz CT molecular complexity index is 983. The highest BCUT2D eigenvalue weighted by molar-refractivity contribution is 7.98. The van der Waals surface area contributed by atoms with E-state index in [1.807, 2.05) is 0 Å². The van der Waals surface area contributed by atoms with Gasteiger partial charge in [0.25, 0.3) is 0 Å². The van der Waals surface area contributed by atoms with Crippen molar-refractivity contribution >= 4 is 21.9 Å². The summed E-state index contributed by atoms with van der Waals surface area (Å²) in [5, 5.41) is 0.0468. The van der Waals surface area contributed by atoms with Gasteiger partial charge < -0.3 is 8.92 Å². The van der Waals surface area contributed by atoms with Crippen LogP contribution in [0.3, 0.4) is 0 Å². The van der Waals surface area contributed by atoms with Gasteiger partial charge in [0.05, 0.1) is 24.0 Å². The third-order valence-electron chi connectivity index (χ3n) is 4.04. The summed E-state index contributed by atoms with van der Waals surface area (Å²) in [7, 11) is -5.89. The number of alkyl halides is 4. The molecule has 0 bridgehead atoms. The maximum absolute atomic E-state index is 13.2. The van der Waals surface area contributed by atoms with Crippen molar-refractivity contribution in [3.8, 4) is 5.88 Å². The van der Waals surface area contributed by atoms with E-state index < -0.39 is 34.3 Å². The molecule has 0 radical (unpaired) electrons. The van der Waals surface area contributed by atoms with E-state index in [-0.39, 0.29) is 29.4 Å². The van der Waals surface area contributed by atoms with Crippen molar-refractivity contribution < 1.29 is 34.9 Å². The fourth-order valence-corrected chi connectivity index (χ4v) is 3.52. The number of hydrogen-bond donors (Lipinski definition) is 0. The Morgan fingerprint density at radius 2 is 2.00 bits per heavy atom. The minimum atomic E-state index is -5.89. The first-order chi connectivity index (χ1) is 13.2. The Morgan fingerprint density at radius 3 is 2.64 bits per heavy atom. The molecule has 0 saturated heterocycles. The molecule has 0 N–H and O–H groups in total. The Kier molecular flexibility index (Phi) is 5.82. The van der Waals surface area contributed by atoms with Crippen LogP contribution < -0.4 is 4.18 Å². The first kappa shape index (κ1) is 20.8. The molecular formula is C16H14F4N2O4S2. The average molecular weight is 438 g/mol. The van der Waals surface area contributed by atoms with Crippen LogP contribution in [0, 0.1) is 0 Å². The van der Waals surface area contributed by atoms with Crippen molar-refractivity contribution in [3.63, 3.8) is 0 Å². The summed E-state index contributed by atoms with van der Waals surface area (Å²) in [6.45, 7) is -0.987. The molecule has 0 fully saturated rings. The molecule has 1 aliphatic rings. The van der Waals surface area contributed by atoms with Gasteiger partial charge in [-0.15, -0.1) is 0 Å². The van der Waals surface area contributed by atoms with Gasteiger partial charge in [0, 0.05) is 6.42 Å². The molecule has 1 atom stereocenters. The Balaban J connectivity index is 1.99. The number of ether oxygens (including phenoxy) is 1. The molecule has 1 aromatic heterocycles. The number of aromatic nitrogens is 2. The van der Waals surface area contributed by atoms with Gasteiger partial charge in [-0.05, 0) is 17.4 Å². The molecule has 28 heavy (non-hydrogen) atoms. The number of fused-ring (bicyclic) bond motifs is 1. The maximum atomic E-state index is 13.2. The van der Waals surface area contributed by atoms with E-state index in [0.717, 1.165) is 11.8 Å². The van der Waals surface area contributed by atoms with E-state index in [9.17, 15) is 26.0 Å². The van der Waals surface area contributed by atoms with Gasteiger partial charge in [0.1, 0.15) is 6.67 Å². The van der Waals surface area contributed by atoms with Gasteiger partial charge in [-0.3, -0.25) is 0 Å². The third-order valence-corrected chi connectivity index (χ3v) is 5.53. The minimum Gasteiger partial charge on any atom is -0.368 e. The molecular weight excluding hydrogens is 424 g/mol. The molecule has 2 aromatic rings. The molecule has 1 aliphatic heterocycles. The van der Waals surface area contributed by atoms with E-state index in [4.69, 9.17) is 4.74 Å². The van der Waals surface area contributed by atoms with Gasteiger partial charge in [0.2, 0.25) is 5.88 Å². The number of thioether (sulfide) groups is 1. The van der Waals surface area contributed by atoms with Crippen LogP contribution in [0.1, 0.15) is 28.5 Å². The molecule has 12 heteroatoms. The zero-order valence-corrected chi connectivity index (χ0v) is 16.0. The van der Waals surface area contributed by atoms with Crippen LogP contribution in [0.15, 0.2) is 29.4 Å². The summed E-state index contributed by atoms with van der Waals surface area (Å²) < 4.78 is 83.9. The lowest BCUT2D eigenvalue weighted by Crippen LogP contribution is -2.29. The van der Waals surface area contributed by atoms with E-state index in [1.165, 1.54) is 0 Å². The van der Waals surface area contributed by atoms with E-state index >= 15 is 0 Å². The molecule has 1 aromatic carbocycles. The van der Waals surface area contributed by atoms with Crippen molar-refractivity contribution in [2.24, 2.45) is 0 Å². The van der Waals surface area contributed by atoms with Gasteiger partial charge in [-0.2, -0.15) is 26.6 Å². The first-order valence-corrected chi connectivity index (χ1v) is 10.5. The second-order valence-corrected chi connectivity index (χ2v) is 8.07. The lowest BCUT2D eigenvalue weighted by atomic mass is 9.96. The van der Waals surface area contributed by atoms with Crippen LogP contribution in [-0.2, 0) is 34.6 Å². The standard InChI is InChI=1S/C16H14F4N2O4S2/c1-27-15-21-12-6-13(10-5-3-2-4-9(10)7-17)25-8-11(12)14(22-15)26-28(23,24)16(18,19)20/h2-5,13H,6-8H2,1H3. The van der Waals surface area contributed by atoms with Crippen LogP contribution in [0.2, 0.25) is 0 Å². The molecule has 6 nitrogen and oxygen atoms in total. The van der Waals surface area contributed by atoms with Crippen LogP contribution in [0.4, 0.5) is 17.6 Å². The molecule has 0 amide bonds. The van der Waals surface area contributed by atoms with Crippen molar-refractivity contribution in [3.05, 3.63) is 46.6 Å². The smallest absolute Gasteiger partial charge is 0.368 e. The van der Waals surface area contributed by atoms with Crippen molar-refractivity contribution in [2.45, 2.75) is 36.5 Å². The highest BCUT2D eigenvalue weighted by Gasteiger charge is 2.49. The molecule has 0 saturated carbocycles. The van der Waals surface area contributed by atoms with E-state index in [0.29, 0.717) is 11.1 Å². The number of rotatable bonds is 5. The predicted octanol–water partition coefficient (Wildman–Crippen LogP) is 3.71. The van der Waals surface area contributed by atoms with Crippen LogP contribution in [-0.4, -0.2) is 30.1 Å². The normalized spacial score (nSPS) is 17.2. The third kappa shape index (κ3) is 4.08. The Hall–Kier alpha value is -1.92. The molecule has 3 rings (SSSR count). The lowest BCUT2D eigenvalue weighted by Gasteiger charge is -2.27. The SMILES string of the molecule is CSc1nc2c(c(OS(=O)(=O)C(F)(F)F)n1)COC(c1ccccc1CF)C2. The largest absolute Gasteiger partial charge is 0.534 e. The number of nitrogens with zero attached hydrogens (tertiary/aromatic N) is 2. The zero-order valence-electron chi connectivity index (χ0n) is 14.4. The molecule has 0 spiro atoms. The summed E-state index contributed by atoms with van der Waals surface area (Å²) in [6, 6.07) is 6.68. The quantitative estimate of drug-likeness (QED) is 0.232. The number of hydrogen-bond acceptors (Lipinski definition) is 7. The lowest BCUT2D eigenvalue weighted by molar-refractivity contribution is -0.0503. The fourth-order valence-electron chi connectivity index (χ4n) is 2.70. The highest BCUT2D eigenvalue weighted by Crippen LogP contribution is 2.37.